The number of nitrogens with two attached hydrogens (primary N) is 1. The summed E-state index contributed by atoms with van der Waals surface area (Å²) in [4.78, 5) is 12.7. The van der Waals surface area contributed by atoms with E-state index in [1.165, 1.54) is 18.0 Å². The van der Waals surface area contributed by atoms with Gasteiger partial charge >= 0.3 is 0 Å². The molecule has 2 heterocycles. The number of nitrogens with zero attached hydrogens (tertiary/aromatic N) is 3. The van der Waals surface area contributed by atoms with Crippen LogP contribution in [0.5, 0.6) is 0 Å². The van der Waals surface area contributed by atoms with Gasteiger partial charge < -0.3 is 5.73 Å². The van der Waals surface area contributed by atoms with Crippen molar-refractivity contribution in [2.75, 3.05) is 0 Å². The number of pyridine rings is 1. The zero-order valence-corrected chi connectivity index (χ0v) is 11.0. The zero-order valence-electron chi connectivity index (χ0n) is 10.1. The molecule has 92 valence electrons. The summed E-state index contributed by atoms with van der Waals surface area (Å²) in [6.07, 6.45) is 3.10. The zero-order chi connectivity index (χ0) is 13.1. The van der Waals surface area contributed by atoms with Gasteiger partial charge in [-0.3, -0.25) is 5.41 Å². The Bertz CT molecular complexity index is 577. The third kappa shape index (κ3) is 2.84. The molecule has 0 unspecified atom stereocenters. The second-order valence-corrected chi connectivity index (χ2v) is 4.86. The number of rotatable bonds is 3. The molecule has 0 atom stereocenters. The highest BCUT2D eigenvalue weighted by Gasteiger charge is 2.10. The number of aromatic nitrogens is 3. The van der Waals surface area contributed by atoms with Crippen molar-refractivity contribution in [1.29, 1.82) is 5.41 Å². The van der Waals surface area contributed by atoms with Crippen molar-refractivity contribution in [1.82, 2.24) is 15.0 Å². The lowest BCUT2D eigenvalue weighted by atomic mass is 10.3. The number of nitrogen functional groups attached to an aromatic ring is 1. The predicted molar refractivity (Wildman–Crippen MR) is 70.9 cm³/mol. The smallest absolute Gasteiger partial charge is 0.144 e. The molecule has 0 radical (unpaired) electrons. The fraction of sp³-hybridized carbons (Fsp3) is 0.167. The van der Waals surface area contributed by atoms with Gasteiger partial charge in [0.2, 0.25) is 0 Å². The summed E-state index contributed by atoms with van der Waals surface area (Å²) in [6.45, 7) is 3.96. The number of hydrogen-bond acceptors (Lipinski definition) is 5. The van der Waals surface area contributed by atoms with Crippen LogP contribution in [0.4, 0.5) is 0 Å². The summed E-state index contributed by atoms with van der Waals surface area (Å²) < 4.78 is 0. The van der Waals surface area contributed by atoms with Crippen LogP contribution in [0.25, 0.3) is 0 Å². The van der Waals surface area contributed by atoms with Crippen molar-refractivity contribution >= 4 is 17.6 Å². The summed E-state index contributed by atoms with van der Waals surface area (Å²) >= 11 is 1.37. The predicted octanol–water partition coefficient (Wildman–Crippen LogP) is 1.92. The molecule has 0 aliphatic rings. The second-order valence-electron chi connectivity index (χ2n) is 3.85. The number of nitrogens with one attached hydrogen (secondary N) is 1. The molecular weight excluding hydrogens is 246 g/mol. The monoisotopic (exact) mass is 259 g/mol. The van der Waals surface area contributed by atoms with E-state index in [0.29, 0.717) is 10.7 Å². The Morgan fingerprint density at radius 1 is 1.22 bits per heavy atom. The first-order chi connectivity index (χ1) is 8.56. The highest BCUT2D eigenvalue weighted by Crippen LogP contribution is 2.26. The highest BCUT2D eigenvalue weighted by molar-refractivity contribution is 7.99. The molecule has 2 aromatic rings. The van der Waals surface area contributed by atoms with Crippen LogP contribution < -0.4 is 5.73 Å². The van der Waals surface area contributed by atoms with Crippen molar-refractivity contribution in [3.63, 3.8) is 0 Å². The Kier molecular flexibility index (Phi) is 3.57. The second kappa shape index (κ2) is 5.14. The number of hydrogen-bond donors (Lipinski definition) is 2. The van der Waals surface area contributed by atoms with Gasteiger partial charge in [-0.05, 0) is 43.3 Å². The highest BCUT2D eigenvalue weighted by atomic mass is 32.2. The van der Waals surface area contributed by atoms with E-state index in [2.05, 4.69) is 15.0 Å². The van der Waals surface area contributed by atoms with Crippen LogP contribution >= 0.6 is 11.8 Å². The van der Waals surface area contributed by atoms with E-state index in [4.69, 9.17) is 11.1 Å². The minimum atomic E-state index is -0.0880. The standard InChI is InChI=1S/C12H13N5S/c1-7-5-8(2)17-9(6-7)18-12-10(11(13)14)15-3-4-16-12/h3-6H,1-2H3,(H3,13,14). The van der Waals surface area contributed by atoms with Crippen LogP contribution in [-0.4, -0.2) is 20.8 Å². The van der Waals surface area contributed by atoms with Crippen LogP contribution in [0, 0.1) is 19.3 Å². The van der Waals surface area contributed by atoms with E-state index in [1.807, 2.05) is 26.0 Å². The molecule has 0 aliphatic carbocycles. The molecule has 5 nitrogen and oxygen atoms in total. The molecule has 0 bridgehead atoms. The van der Waals surface area contributed by atoms with Crippen LogP contribution in [0.1, 0.15) is 17.0 Å². The lowest BCUT2D eigenvalue weighted by Crippen LogP contribution is -2.15. The Morgan fingerprint density at radius 2 is 1.94 bits per heavy atom. The summed E-state index contributed by atoms with van der Waals surface area (Å²) in [7, 11) is 0. The molecule has 0 amide bonds. The first-order valence-corrected chi connectivity index (χ1v) is 6.16. The van der Waals surface area contributed by atoms with E-state index < -0.39 is 0 Å². The van der Waals surface area contributed by atoms with Gasteiger partial charge in [0.05, 0.1) is 0 Å². The molecule has 0 saturated heterocycles. The normalized spacial score (nSPS) is 10.3. The molecule has 18 heavy (non-hydrogen) atoms. The van der Waals surface area contributed by atoms with Crippen LogP contribution in [0.3, 0.4) is 0 Å². The first kappa shape index (κ1) is 12.5. The Balaban J connectivity index is 2.37. The van der Waals surface area contributed by atoms with Gasteiger partial charge in [0.15, 0.2) is 0 Å². The van der Waals surface area contributed by atoms with E-state index in [-0.39, 0.29) is 5.84 Å². The third-order valence-corrected chi connectivity index (χ3v) is 3.11. The van der Waals surface area contributed by atoms with Gasteiger partial charge in [-0.1, -0.05) is 0 Å². The number of aryl methyl sites for hydroxylation is 2. The van der Waals surface area contributed by atoms with E-state index in [1.54, 1.807) is 6.20 Å². The number of amidine groups is 1. The molecule has 2 aromatic heterocycles. The molecule has 0 spiro atoms. The van der Waals surface area contributed by atoms with Crippen LogP contribution in [-0.2, 0) is 0 Å². The molecule has 0 fully saturated rings. The topological polar surface area (TPSA) is 88.5 Å². The quantitative estimate of drug-likeness (QED) is 0.649. The lowest BCUT2D eigenvalue weighted by molar-refractivity contribution is 1.00. The largest absolute Gasteiger partial charge is 0.382 e. The maximum Gasteiger partial charge on any atom is 0.144 e. The van der Waals surface area contributed by atoms with Crippen molar-refractivity contribution in [3.05, 3.63) is 41.5 Å². The van der Waals surface area contributed by atoms with Gasteiger partial charge in [0, 0.05) is 18.1 Å². The minimum absolute atomic E-state index is 0.0880. The molecular formula is C12H13N5S. The summed E-state index contributed by atoms with van der Waals surface area (Å²) in [5.41, 5.74) is 7.95. The fourth-order valence-electron chi connectivity index (χ4n) is 1.54. The van der Waals surface area contributed by atoms with E-state index >= 15 is 0 Å². The summed E-state index contributed by atoms with van der Waals surface area (Å²) in [5.74, 6) is -0.0880. The van der Waals surface area contributed by atoms with Crippen molar-refractivity contribution in [2.45, 2.75) is 23.9 Å². The van der Waals surface area contributed by atoms with Gasteiger partial charge in [-0.2, -0.15) is 0 Å². The van der Waals surface area contributed by atoms with Gasteiger partial charge in [0.25, 0.3) is 0 Å². The SMILES string of the molecule is Cc1cc(C)nc(Sc2nccnc2C(=N)N)c1. The van der Waals surface area contributed by atoms with E-state index in [0.717, 1.165) is 16.3 Å². The maximum absolute atomic E-state index is 7.47. The van der Waals surface area contributed by atoms with Crippen LogP contribution in [0.15, 0.2) is 34.6 Å². The Morgan fingerprint density at radius 3 is 2.61 bits per heavy atom. The molecule has 0 aromatic carbocycles. The lowest BCUT2D eigenvalue weighted by Gasteiger charge is -2.06. The van der Waals surface area contributed by atoms with Crippen molar-refractivity contribution < 1.29 is 0 Å². The van der Waals surface area contributed by atoms with Crippen molar-refractivity contribution in [3.8, 4) is 0 Å². The minimum Gasteiger partial charge on any atom is -0.382 e. The van der Waals surface area contributed by atoms with Crippen LogP contribution in [0.2, 0.25) is 0 Å². The molecule has 2 rings (SSSR count). The average Bonchev–Trinajstić information content (AvgIpc) is 2.27. The molecule has 0 aliphatic heterocycles. The molecule has 0 saturated carbocycles. The fourth-order valence-corrected chi connectivity index (χ4v) is 2.55. The Hall–Kier alpha value is -1.95. The molecule has 6 heteroatoms. The first-order valence-electron chi connectivity index (χ1n) is 5.35. The molecule has 3 N–H and O–H groups in total. The van der Waals surface area contributed by atoms with Gasteiger partial charge in [-0.25, -0.2) is 15.0 Å². The van der Waals surface area contributed by atoms with Gasteiger partial charge in [-0.15, -0.1) is 0 Å². The summed E-state index contributed by atoms with van der Waals surface area (Å²) in [6, 6.07) is 3.98. The van der Waals surface area contributed by atoms with Crippen molar-refractivity contribution in [2.24, 2.45) is 5.73 Å². The van der Waals surface area contributed by atoms with Gasteiger partial charge in [0.1, 0.15) is 21.6 Å². The average molecular weight is 259 g/mol. The third-order valence-electron chi connectivity index (χ3n) is 2.20. The summed E-state index contributed by atoms with van der Waals surface area (Å²) in [5, 5.41) is 8.90. The Labute approximate surface area is 109 Å². The maximum atomic E-state index is 7.47. The van der Waals surface area contributed by atoms with E-state index in [9.17, 15) is 0 Å².